The second kappa shape index (κ2) is 8.82. The molecule has 1 heterocycles. The molecule has 0 radical (unpaired) electrons. The summed E-state index contributed by atoms with van der Waals surface area (Å²) in [6, 6.07) is 10.3. The summed E-state index contributed by atoms with van der Waals surface area (Å²) in [6.45, 7) is 10.3. The number of aliphatic imine (C=N–C) groups is 1. The van der Waals surface area contributed by atoms with Gasteiger partial charge < -0.3 is 5.11 Å². The lowest BCUT2D eigenvalue weighted by Crippen LogP contribution is -2.40. The summed E-state index contributed by atoms with van der Waals surface area (Å²) >= 11 is 0. The zero-order chi connectivity index (χ0) is 22.6. The van der Waals surface area contributed by atoms with Crippen molar-refractivity contribution in [3.05, 3.63) is 83.6 Å². The highest BCUT2D eigenvalue weighted by atomic mass is 28.3. The van der Waals surface area contributed by atoms with Crippen LogP contribution in [0.25, 0.3) is 5.57 Å². The fourth-order valence-corrected chi connectivity index (χ4v) is 3.52. The third kappa shape index (κ3) is 5.44. The second-order valence-electron chi connectivity index (χ2n) is 8.26. The maximum atomic E-state index is 14.7. The predicted octanol–water partition coefficient (Wildman–Crippen LogP) is 4.54. The van der Waals surface area contributed by atoms with E-state index in [-0.39, 0.29) is 17.7 Å². The number of rotatable bonds is 5. The van der Waals surface area contributed by atoms with Crippen LogP contribution in [0.2, 0.25) is 19.6 Å². The number of halogens is 2. The van der Waals surface area contributed by atoms with Gasteiger partial charge in [0.05, 0.1) is 12.7 Å². The Kier molecular flexibility index (Phi) is 6.37. The summed E-state index contributed by atoms with van der Waals surface area (Å²) in [5, 5.41) is 16.9. The lowest BCUT2D eigenvalue weighted by atomic mass is 9.82. The predicted molar refractivity (Wildman–Crippen MR) is 123 cm³/mol. The molecule has 0 aliphatic carbocycles. The fraction of sp³-hybridized carbons (Fsp3) is 0.208. The van der Waals surface area contributed by atoms with Crippen LogP contribution in [0.1, 0.15) is 16.7 Å². The van der Waals surface area contributed by atoms with Gasteiger partial charge in [0.1, 0.15) is 31.6 Å². The average Bonchev–Trinajstić information content (AvgIpc) is 2.72. The Morgan fingerprint density at radius 3 is 2.48 bits per heavy atom. The van der Waals surface area contributed by atoms with Crippen LogP contribution in [0.3, 0.4) is 0 Å². The average molecular weight is 436 g/mol. The summed E-state index contributed by atoms with van der Waals surface area (Å²) < 4.78 is 28.2. The molecule has 3 rings (SSSR count). The number of hydrazone groups is 1. The van der Waals surface area contributed by atoms with Gasteiger partial charge in [-0.1, -0.05) is 44.3 Å². The molecule has 0 fully saturated rings. The number of hydrogen-bond acceptors (Lipinski definition) is 4. The van der Waals surface area contributed by atoms with Crippen molar-refractivity contribution in [2.45, 2.75) is 25.2 Å². The van der Waals surface area contributed by atoms with Crippen molar-refractivity contribution in [2.24, 2.45) is 10.1 Å². The fourth-order valence-electron chi connectivity index (χ4n) is 3.00. The van der Waals surface area contributed by atoms with Crippen molar-refractivity contribution in [1.29, 1.82) is 0 Å². The highest BCUT2D eigenvalue weighted by Crippen LogP contribution is 2.37. The van der Waals surface area contributed by atoms with Crippen molar-refractivity contribution in [1.82, 2.24) is 5.01 Å². The first kappa shape index (κ1) is 22.4. The third-order valence-corrected chi connectivity index (χ3v) is 5.48. The number of β-amino-alcohol motifs (C(OH)–C–C–N with tert-alkyl or cyclic N) is 1. The van der Waals surface area contributed by atoms with Gasteiger partial charge in [-0.3, -0.25) is 0 Å². The summed E-state index contributed by atoms with van der Waals surface area (Å²) in [4.78, 5) is 3.92. The summed E-state index contributed by atoms with van der Waals surface area (Å²) in [5.74, 6) is 4.12. The number of hydrogen-bond donors (Lipinski definition) is 1. The zero-order valence-electron chi connectivity index (χ0n) is 17.7. The molecule has 158 valence electrons. The first-order valence-electron chi connectivity index (χ1n) is 9.67. The van der Waals surface area contributed by atoms with E-state index in [2.05, 4.69) is 53.6 Å². The smallest absolute Gasteiger partial charge is 0.137 e. The molecule has 0 spiro atoms. The molecule has 1 aliphatic rings. The summed E-state index contributed by atoms with van der Waals surface area (Å²) in [5.41, 5.74) is 2.96. The standard InChI is InChI=1S/C24H23F2N3OSi/c1-18(20-7-5-19(6-8-20)11-14-31(2,3)4)24(30,16-29-17-27-12-13-28-29)22-10-9-21(25)15-23(22)26/h5-10,12,15,17,30H,1,16H2,2-4H3. The minimum atomic E-state index is -1.90. The second-order valence-corrected chi connectivity index (χ2v) is 13.0. The Morgan fingerprint density at radius 1 is 1.19 bits per heavy atom. The lowest BCUT2D eigenvalue weighted by molar-refractivity contribution is 0.0725. The van der Waals surface area contributed by atoms with Crippen LogP contribution in [-0.2, 0) is 5.60 Å². The SMILES string of the molecule is C=C(c1ccc(C#C[Si](C)(C)C)cc1)C(O)(CN1C=NC=C=N1)c1ccc(F)cc1F. The molecular formula is C24H23F2N3OSi. The van der Waals surface area contributed by atoms with Crippen LogP contribution in [0.15, 0.2) is 65.3 Å². The highest BCUT2D eigenvalue weighted by Gasteiger charge is 2.38. The van der Waals surface area contributed by atoms with Gasteiger partial charge in [0, 0.05) is 23.1 Å². The van der Waals surface area contributed by atoms with E-state index < -0.39 is 25.3 Å². The van der Waals surface area contributed by atoms with Gasteiger partial charge in [0.15, 0.2) is 0 Å². The van der Waals surface area contributed by atoms with Gasteiger partial charge in [-0.25, -0.2) is 18.8 Å². The van der Waals surface area contributed by atoms with E-state index in [1.807, 2.05) is 12.1 Å². The van der Waals surface area contributed by atoms with E-state index in [4.69, 9.17) is 0 Å². The molecular weight excluding hydrogens is 412 g/mol. The van der Waals surface area contributed by atoms with Crippen molar-refractivity contribution < 1.29 is 13.9 Å². The van der Waals surface area contributed by atoms with Crippen molar-refractivity contribution in [2.75, 3.05) is 6.54 Å². The van der Waals surface area contributed by atoms with Gasteiger partial charge in [-0.15, -0.1) is 10.6 Å². The van der Waals surface area contributed by atoms with Crippen LogP contribution in [-0.4, -0.2) is 36.9 Å². The maximum absolute atomic E-state index is 14.7. The number of aliphatic hydroxyl groups is 1. The number of nitrogens with zero attached hydrogens (tertiary/aromatic N) is 3. The lowest BCUT2D eigenvalue weighted by Gasteiger charge is -2.34. The molecule has 7 heteroatoms. The van der Waals surface area contributed by atoms with Crippen LogP contribution in [0.4, 0.5) is 8.78 Å². The zero-order valence-corrected chi connectivity index (χ0v) is 18.7. The Bertz CT molecular complexity index is 1150. The van der Waals surface area contributed by atoms with E-state index in [0.717, 1.165) is 17.7 Å². The molecule has 0 saturated carbocycles. The van der Waals surface area contributed by atoms with Crippen molar-refractivity contribution in [3.8, 4) is 11.5 Å². The normalized spacial score (nSPS) is 14.7. The molecule has 0 bridgehead atoms. The first-order chi connectivity index (χ1) is 14.6. The van der Waals surface area contributed by atoms with E-state index >= 15 is 0 Å². The maximum Gasteiger partial charge on any atom is 0.137 e. The Morgan fingerprint density at radius 2 is 1.90 bits per heavy atom. The third-order valence-electron chi connectivity index (χ3n) is 4.60. The minimum absolute atomic E-state index is 0.111. The van der Waals surface area contributed by atoms with Gasteiger partial charge in [0.25, 0.3) is 0 Å². The molecule has 1 N–H and O–H groups in total. The van der Waals surface area contributed by atoms with Crippen molar-refractivity contribution in [3.63, 3.8) is 0 Å². The molecule has 0 aromatic heterocycles. The molecule has 4 nitrogen and oxygen atoms in total. The largest absolute Gasteiger partial charge is 0.378 e. The van der Waals surface area contributed by atoms with Gasteiger partial charge in [0.2, 0.25) is 0 Å². The van der Waals surface area contributed by atoms with Gasteiger partial charge >= 0.3 is 0 Å². The monoisotopic (exact) mass is 435 g/mol. The van der Waals surface area contributed by atoms with Gasteiger partial charge in [-0.2, -0.15) is 0 Å². The van der Waals surface area contributed by atoms with E-state index in [1.54, 1.807) is 12.1 Å². The topological polar surface area (TPSA) is 48.2 Å². The Labute approximate surface area is 182 Å². The molecule has 1 unspecified atom stereocenters. The quantitative estimate of drug-likeness (QED) is 0.554. The molecule has 2 aromatic carbocycles. The molecule has 1 atom stereocenters. The Balaban J connectivity index is 2.00. The van der Waals surface area contributed by atoms with Crippen LogP contribution in [0, 0.1) is 23.1 Å². The highest BCUT2D eigenvalue weighted by molar-refractivity contribution is 6.83. The van der Waals surface area contributed by atoms with E-state index in [9.17, 15) is 13.9 Å². The molecule has 0 amide bonds. The van der Waals surface area contributed by atoms with Crippen LogP contribution < -0.4 is 0 Å². The Hall–Kier alpha value is -3.30. The first-order valence-corrected chi connectivity index (χ1v) is 13.2. The van der Waals surface area contributed by atoms with Crippen molar-refractivity contribution >= 4 is 25.9 Å². The van der Waals surface area contributed by atoms with Crippen LogP contribution >= 0.6 is 0 Å². The summed E-state index contributed by atoms with van der Waals surface area (Å²) in [6.07, 6.45) is 2.74. The minimum Gasteiger partial charge on any atom is -0.378 e. The molecule has 0 saturated heterocycles. The van der Waals surface area contributed by atoms with Crippen LogP contribution in [0.5, 0.6) is 0 Å². The molecule has 31 heavy (non-hydrogen) atoms. The number of benzene rings is 2. The van der Waals surface area contributed by atoms with Gasteiger partial charge in [-0.05, 0) is 35.4 Å². The van der Waals surface area contributed by atoms with E-state index in [0.29, 0.717) is 5.56 Å². The molecule has 1 aliphatic heterocycles. The van der Waals surface area contributed by atoms with E-state index in [1.165, 1.54) is 23.6 Å². The summed E-state index contributed by atoms with van der Waals surface area (Å²) in [7, 11) is -1.51. The molecule has 2 aromatic rings.